The minimum atomic E-state index is -0.334. The van der Waals surface area contributed by atoms with Gasteiger partial charge in [0, 0.05) is 12.4 Å². The molecule has 1 atom stereocenters. The van der Waals surface area contributed by atoms with Gasteiger partial charge in [-0.3, -0.25) is 4.98 Å². The van der Waals surface area contributed by atoms with Crippen molar-refractivity contribution in [3.8, 4) is 0 Å². The molecule has 0 aliphatic rings. The molecule has 3 nitrogen and oxygen atoms in total. The molecule has 0 bridgehead atoms. The Hall–Kier alpha value is -1.97. The van der Waals surface area contributed by atoms with Gasteiger partial charge in [-0.2, -0.15) is 0 Å². The number of aromatic nitrogens is 2. The zero-order valence-corrected chi connectivity index (χ0v) is 8.89. The van der Waals surface area contributed by atoms with Crippen LogP contribution in [0.15, 0.2) is 42.9 Å². The Morgan fingerprint density at radius 2 is 2.12 bits per heavy atom. The highest BCUT2D eigenvalue weighted by atomic mass is 19.1. The highest BCUT2D eigenvalue weighted by molar-refractivity contribution is 5.37. The van der Waals surface area contributed by atoms with Gasteiger partial charge in [0.25, 0.3) is 0 Å². The largest absolute Gasteiger partial charge is 0.363 e. The molecule has 0 radical (unpaired) electrons. The van der Waals surface area contributed by atoms with E-state index in [4.69, 9.17) is 0 Å². The van der Waals surface area contributed by atoms with Crippen LogP contribution in [0.1, 0.15) is 18.5 Å². The van der Waals surface area contributed by atoms with Gasteiger partial charge in [-0.15, -0.1) is 0 Å². The van der Waals surface area contributed by atoms with Gasteiger partial charge in [0.1, 0.15) is 11.6 Å². The number of nitrogens with zero attached hydrogens (tertiary/aromatic N) is 2. The van der Waals surface area contributed by atoms with E-state index in [9.17, 15) is 4.39 Å². The summed E-state index contributed by atoms with van der Waals surface area (Å²) in [5.74, 6) is 0.317. The van der Waals surface area contributed by atoms with Crippen molar-refractivity contribution in [2.75, 3.05) is 5.32 Å². The zero-order chi connectivity index (χ0) is 11.4. The quantitative estimate of drug-likeness (QED) is 0.859. The molecule has 16 heavy (non-hydrogen) atoms. The highest BCUT2D eigenvalue weighted by Crippen LogP contribution is 2.16. The Balaban J connectivity index is 2.08. The standard InChI is InChI=1S/C12H12FN3/c1-9(10-3-2-6-14-7-10)16-12-5-4-11(13)8-15-12/h2-9H,1H3,(H,15,16). The van der Waals surface area contributed by atoms with Crippen LogP contribution in [0.5, 0.6) is 0 Å². The van der Waals surface area contributed by atoms with Crippen molar-refractivity contribution in [2.45, 2.75) is 13.0 Å². The fourth-order valence-electron chi connectivity index (χ4n) is 1.40. The van der Waals surface area contributed by atoms with Gasteiger partial charge < -0.3 is 5.32 Å². The lowest BCUT2D eigenvalue weighted by Gasteiger charge is -2.14. The number of halogens is 1. The number of anilines is 1. The van der Waals surface area contributed by atoms with Crippen LogP contribution in [0.4, 0.5) is 10.2 Å². The lowest BCUT2D eigenvalue weighted by Crippen LogP contribution is -2.07. The molecule has 2 aromatic rings. The van der Waals surface area contributed by atoms with E-state index in [0.29, 0.717) is 5.82 Å². The monoisotopic (exact) mass is 217 g/mol. The molecule has 0 spiro atoms. The van der Waals surface area contributed by atoms with Crippen molar-refractivity contribution in [1.82, 2.24) is 9.97 Å². The third kappa shape index (κ3) is 2.53. The van der Waals surface area contributed by atoms with E-state index >= 15 is 0 Å². The first kappa shape index (κ1) is 10.5. The second kappa shape index (κ2) is 4.70. The topological polar surface area (TPSA) is 37.8 Å². The maximum atomic E-state index is 12.6. The third-order valence-corrected chi connectivity index (χ3v) is 2.28. The van der Waals surface area contributed by atoms with Crippen LogP contribution < -0.4 is 5.32 Å². The molecule has 82 valence electrons. The molecule has 0 saturated heterocycles. The van der Waals surface area contributed by atoms with Crippen molar-refractivity contribution >= 4 is 5.82 Å². The molecule has 0 amide bonds. The van der Waals surface area contributed by atoms with E-state index in [2.05, 4.69) is 15.3 Å². The van der Waals surface area contributed by atoms with Gasteiger partial charge in [-0.1, -0.05) is 6.07 Å². The van der Waals surface area contributed by atoms with Gasteiger partial charge in [-0.25, -0.2) is 9.37 Å². The van der Waals surface area contributed by atoms with Crippen LogP contribution in [-0.2, 0) is 0 Å². The molecule has 0 fully saturated rings. The summed E-state index contributed by atoms with van der Waals surface area (Å²) in [7, 11) is 0. The van der Waals surface area contributed by atoms with Crippen molar-refractivity contribution in [3.63, 3.8) is 0 Å². The SMILES string of the molecule is CC(Nc1ccc(F)cn1)c1cccnc1. The molecule has 0 aliphatic carbocycles. The van der Waals surface area contributed by atoms with Crippen LogP contribution in [0.2, 0.25) is 0 Å². The summed E-state index contributed by atoms with van der Waals surface area (Å²) in [6.07, 6.45) is 4.71. The Kier molecular flexibility index (Phi) is 3.10. The van der Waals surface area contributed by atoms with Gasteiger partial charge in [0.05, 0.1) is 12.2 Å². The van der Waals surface area contributed by atoms with Crippen LogP contribution in [0.25, 0.3) is 0 Å². The van der Waals surface area contributed by atoms with Crippen LogP contribution in [0, 0.1) is 5.82 Å². The molecule has 2 heterocycles. The molecule has 2 aromatic heterocycles. The van der Waals surface area contributed by atoms with Crippen LogP contribution >= 0.6 is 0 Å². The first-order valence-corrected chi connectivity index (χ1v) is 5.04. The first-order chi connectivity index (χ1) is 7.75. The summed E-state index contributed by atoms with van der Waals surface area (Å²) >= 11 is 0. The molecule has 4 heteroatoms. The molecular weight excluding hydrogens is 205 g/mol. The second-order valence-electron chi connectivity index (χ2n) is 3.51. The highest BCUT2D eigenvalue weighted by Gasteiger charge is 2.05. The van der Waals surface area contributed by atoms with Gasteiger partial charge in [0.2, 0.25) is 0 Å². The summed E-state index contributed by atoms with van der Waals surface area (Å²) in [6.45, 7) is 2.00. The maximum Gasteiger partial charge on any atom is 0.141 e. The predicted octanol–water partition coefficient (Wildman–Crippen LogP) is 2.79. The summed E-state index contributed by atoms with van der Waals surface area (Å²) < 4.78 is 12.6. The Morgan fingerprint density at radius 1 is 1.25 bits per heavy atom. The lowest BCUT2D eigenvalue weighted by molar-refractivity contribution is 0.621. The molecule has 1 unspecified atom stereocenters. The summed E-state index contributed by atoms with van der Waals surface area (Å²) in [5.41, 5.74) is 1.06. The van der Waals surface area contributed by atoms with Crippen molar-refractivity contribution in [1.29, 1.82) is 0 Å². The molecule has 2 rings (SSSR count). The van der Waals surface area contributed by atoms with Crippen LogP contribution in [-0.4, -0.2) is 9.97 Å². The second-order valence-corrected chi connectivity index (χ2v) is 3.51. The fraction of sp³-hybridized carbons (Fsp3) is 0.167. The number of hydrogen-bond donors (Lipinski definition) is 1. The normalized spacial score (nSPS) is 12.1. The van der Waals surface area contributed by atoms with E-state index < -0.39 is 0 Å². The fourth-order valence-corrected chi connectivity index (χ4v) is 1.40. The minimum absolute atomic E-state index is 0.0895. The summed E-state index contributed by atoms with van der Waals surface area (Å²) in [6, 6.07) is 6.94. The smallest absolute Gasteiger partial charge is 0.141 e. The van der Waals surface area contributed by atoms with Gasteiger partial charge in [0.15, 0.2) is 0 Å². The van der Waals surface area contributed by atoms with Crippen LogP contribution in [0.3, 0.4) is 0 Å². The number of pyridine rings is 2. The van der Waals surface area contributed by atoms with Crippen molar-refractivity contribution in [2.24, 2.45) is 0 Å². The summed E-state index contributed by atoms with van der Waals surface area (Å²) in [5, 5.41) is 3.17. The van der Waals surface area contributed by atoms with Gasteiger partial charge in [-0.05, 0) is 30.7 Å². The maximum absolute atomic E-state index is 12.6. The van der Waals surface area contributed by atoms with E-state index in [-0.39, 0.29) is 11.9 Å². The Bertz CT molecular complexity index is 442. The number of rotatable bonds is 3. The van der Waals surface area contributed by atoms with E-state index in [0.717, 1.165) is 5.56 Å². The number of hydrogen-bond acceptors (Lipinski definition) is 3. The minimum Gasteiger partial charge on any atom is -0.363 e. The summed E-state index contributed by atoms with van der Waals surface area (Å²) in [4.78, 5) is 7.98. The average molecular weight is 217 g/mol. The molecular formula is C12H12FN3. The van der Waals surface area contributed by atoms with Gasteiger partial charge >= 0.3 is 0 Å². The molecule has 0 aromatic carbocycles. The van der Waals surface area contributed by atoms with E-state index in [1.165, 1.54) is 12.3 Å². The van der Waals surface area contributed by atoms with E-state index in [1.54, 1.807) is 18.5 Å². The van der Waals surface area contributed by atoms with E-state index in [1.807, 2.05) is 19.1 Å². The average Bonchev–Trinajstić information content (AvgIpc) is 2.33. The molecule has 1 N–H and O–H groups in total. The first-order valence-electron chi connectivity index (χ1n) is 5.04. The van der Waals surface area contributed by atoms with Crippen molar-refractivity contribution in [3.05, 3.63) is 54.2 Å². The number of nitrogens with one attached hydrogen (secondary N) is 1. The zero-order valence-electron chi connectivity index (χ0n) is 8.89. The predicted molar refractivity (Wildman–Crippen MR) is 60.5 cm³/mol. The van der Waals surface area contributed by atoms with Crippen molar-refractivity contribution < 1.29 is 4.39 Å². The molecule has 0 saturated carbocycles. The molecule has 0 aliphatic heterocycles. The Morgan fingerprint density at radius 3 is 2.75 bits per heavy atom. The Labute approximate surface area is 93.4 Å². The lowest BCUT2D eigenvalue weighted by atomic mass is 10.1. The third-order valence-electron chi connectivity index (χ3n) is 2.28.